The molecule has 1 aromatic rings. The second kappa shape index (κ2) is 4.03. The standard InChI is InChI=1S/C12H17N3/c1-9-6-12(14-7-11(9)13)10-4-3-5-15(2)8-10/h4,6-7H,3,5,8,13H2,1-2H3. The maximum atomic E-state index is 5.75. The molecule has 0 fully saturated rings. The molecule has 0 radical (unpaired) electrons. The number of hydrogen-bond donors (Lipinski definition) is 1. The third kappa shape index (κ3) is 2.18. The zero-order valence-corrected chi connectivity index (χ0v) is 9.33. The minimum Gasteiger partial charge on any atom is -0.397 e. The lowest BCUT2D eigenvalue weighted by Gasteiger charge is -2.22. The third-order valence-electron chi connectivity index (χ3n) is 2.82. The van der Waals surface area contributed by atoms with Gasteiger partial charge in [-0.15, -0.1) is 0 Å². The number of aromatic nitrogens is 1. The summed E-state index contributed by atoms with van der Waals surface area (Å²) in [5, 5.41) is 0. The number of hydrogen-bond acceptors (Lipinski definition) is 3. The summed E-state index contributed by atoms with van der Waals surface area (Å²) in [5.41, 5.74) is 10.0. The maximum absolute atomic E-state index is 5.75. The van der Waals surface area contributed by atoms with Gasteiger partial charge in [-0.2, -0.15) is 0 Å². The number of nitrogens with two attached hydrogens (primary N) is 1. The van der Waals surface area contributed by atoms with E-state index in [0.717, 1.165) is 36.5 Å². The molecule has 0 unspecified atom stereocenters. The fourth-order valence-corrected chi connectivity index (χ4v) is 1.82. The van der Waals surface area contributed by atoms with Crippen molar-refractivity contribution in [3.63, 3.8) is 0 Å². The van der Waals surface area contributed by atoms with Gasteiger partial charge >= 0.3 is 0 Å². The predicted octanol–water partition coefficient (Wildman–Crippen LogP) is 1.69. The molecular formula is C12H17N3. The summed E-state index contributed by atoms with van der Waals surface area (Å²) in [7, 11) is 2.14. The Morgan fingerprint density at radius 1 is 1.47 bits per heavy atom. The fourth-order valence-electron chi connectivity index (χ4n) is 1.82. The maximum Gasteiger partial charge on any atom is 0.0675 e. The molecular weight excluding hydrogens is 186 g/mol. The van der Waals surface area contributed by atoms with E-state index < -0.39 is 0 Å². The Bertz CT molecular complexity index is 396. The summed E-state index contributed by atoms with van der Waals surface area (Å²) in [6.07, 6.45) is 5.13. The minimum absolute atomic E-state index is 0.767. The molecule has 2 N–H and O–H groups in total. The van der Waals surface area contributed by atoms with E-state index in [2.05, 4.69) is 29.1 Å². The predicted molar refractivity (Wildman–Crippen MR) is 63.5 cm³/mol. The molecule has 0 saturated heterocycles. The Labute approximate surface area is 90.6 Å². The van der Waals surface area contributed by atoms with E-state index in [-0.39, 0.29) is 0 Å². The van der Waals surface area contributed by atoms with Crippen molar-refractivity contribution in [1.82, 2.24) is 9.88 Å². The first-order valence-electron chi connectivity index (χ1n) is 5.27. The molecule has 0 aromatic carbocycles. The molecule has 0 amide bonds. The highest BCUT2D eigenvalue weighted by molar-refractivity contribution is 5.66. The van der Waals surface area contributed by atoms with E-state index in [9.17, 15) is 0 Å². The van der Waals surface area contributed by atoms with Crippen molar-refractivity contribution in [3.05, 3.63) is 29.6 Å². The van der Waals surface area contributed by atoms with E-state index in [4.69, 9.17) is 5.73 Å². The topological polar surface area (TPSA) is 42.2 Å². The van der Waals surface area contributed by atoms with Crippen LogP contribution in [0.1, 0.15) is 17.7 Å². The molecule has 1 aromatic heterocycles. The van der Waals surface area contributed by atoms with Crippen molar-refractivity contribution in [1.29, 1.82) is 0 Å². The molecule has 1 aliphatic rings. The molecule has 2 rings (SSSR count). The van der Waals surface area contributed by atoms with Crippen LogP contribution in [-0.4, -0.2) is 30.0 Å². The van der Waals surface area contributed by atoms with E-state index in [1.54, 1.807) is 6.20 Å². The summed E-state index contributed by atoms with van der Waals surface area (Å²) in [5.74, 6) is 0. The lowest BCUT2D eigenvalue weighted by molar-refractivity contribution is 0.372. The largest absolute Gasteiger partial charge is 0.397 e. The van der Waals surface area contributed by atoms with Crippen LogP contribution in [0, 0.1) is 6.92 Å². The van der Waals surface area contributed by atoms with E-state index in [1.165, 1.54) is 5.57 Å². The number of nitrogens with zero attached hydrogens (tertiary/aromatic N) is 2. The third-order valence-corrected chi connectivity index (χ3v) is 2.82. The summed E-state index contributed by atoms with van der Waals surface area (Å²) < 4.78 is 0. The fraction of sp³-hybridized carbons (Fsp3) is 0.417. The smallest absolute Gasteiger partial charge is 0.0675 e. The number of anilines is 1. The molecule has 0 bridgehead atoms. The van der Waals surface area contributed by atoms with Gasteiger partial charge in [-0.25, -0.2) is 0 Å². The number of aryl methyl sites for hydroxylation is 1. The molecule has 2 heterocycles. The van der Waals surface area contributed by atoms with Gasteiger partial charge in [0, 0.05) is 13.1 Å². The zero-order valence-electron chi connectivity index (χ0n) is 9.33. The first-order valence-corrected chi connectivity index (χ1v) is 5.27. The van der Waals surface area contributed by atoms with Crippen molar-refractivity contribution in [3.8, 4) is 0 Å². The van der Waals surface area contributed by atoms with Crippen LogP contribution >= 0.6 is 0 Å². The first-order chi connectivity index (χ1) is 7.16. The molecule has 3 nitrogen and oxygen atoms in total. The van der Waals surface area contributed by atoms with Gasteiger partial charge in [-0.3, -0.25) is 4.98 Å². The number of likely N-dealkylation sites (N-methyl/N-ethyl adjacent to an activating group) is 1. The Morgan fingerprint density at radius 2 is 2.27 bits per heavy atom. The van der Waals surface area contributed by atoms with Gasteiger partial charge in [0.1, 0.15) is 0 Å². The second-order valence-electron chi connectivity index (χ2n) is 4.18. The minimum atomic E-state index is 0.767. The molecule has 0 atom stereocenters. The SMILES string of the molecule is Cc1cc(C2=CCCN(C)C2)ncc1N. The average Bonchev–Trinajstić information content (AvgIpc) is 2.22. The summed E-state index contributed by atoms with van der Waals surface area (Å²) in [6.45, 7) is 4.14. The van der Waals surface area contributed by atoms with Crippen LogP contribution in [-0.2, 0) is 0 Å². The molecule has 0 saturated carbocycles. The summed E-state index contributed by atoms with van der Waals surface area (Å²) >= 11 is 0. The van der Waals surface area contributed by atoms with E-state index in [0.29, 0.717) is 0 Å². The van der Waals surface area contributed by atoms with Crippen LogP contribution in [0.25, 0.3) is 5.57 Å². The Balaban J connectivity index is 2.29. The first kappa shape index (κ1) is 10.2. The van der Waals surface area contributed by atoms with Crippen LogP contribution in [0.2, 0.25) is 0 Å². The van der Waals surface area contributed by atoms with Gasteiger partial charge < -0.3 is 10.6 Å². The Hall–Kier alpha value is -1.35. The quantitative estimate of drug-likeness (QED) is 0.755. The highest BCUT2D eigenvalue weighted by Crippen LogP contribution is 2.20. The van der Waals surface area contributed by atoms with Crippen molar-refractivity contribution in [2.75, 3.05) is 25.9 Å². The molecule has 0 aliphatic carbocycles. The van der Waals surface area contributed by atoms with Crippen molar-refractivity contribution in [2.45, 2.75) is 13.3 Å². The van der Waals surface area contributed by atoms with Crippen molar-refractivity contribution in [2.24, 2.45) is 0 Å². The lowest BCUT2D eigenvalue weighted by atomic mass is 10.0. The molecule has 0 spiro atoms. The normalized spacial score (nSPS) is 17.6. The second-order valence-corrected chi connectivity index (χ2v) is 4.18. The summed E-state index contributed by atoms with van der Waals surface area (Å²) in [6, 6.07) is 2.07. The van der Waals surface area contributed by atoms with Crippen LogP contribution in [0.5, 0.6) is 0 Å². The average molecular weight is 203 g/mol. The van der Waals surface area contributed by atoms with Gasteiger partial charge in [-0.05, 0) is 37.6 Å². The molecule has 1 aliphatic heterocycles. The van der Waals surface area contributed by atoms with Crippen LogP contribution in [0.3, 0.4) is 0 Å². The highest BCUT2D eigenvalue weighted by atomic mass is 15.1. The van der Waals surface area contributed by atoms with Gasteiger partial charge in [0.15, 0.2) is 0 Å². The Kier molecular flexibility index (Phi) is 2.73. The van der Waals surface area contributed by atoms with Gasteiger partial charge in [0.05, 0.1) is 17.6 Å². The molecule has 80 valence electrons. The van der Waals surface area contributed by atoms with Crippen molar-refractivity contribution < 1.29 is 0 Å². The number of pyridine rings is 1. The zero-order chi connectivity index (χ0) is 10.8. The van der Waals surface area contributed by atoms with Crippen LogP contribution < -0.4 is 5.73 Å². The number of nitrogen functional groups attached to an aromatic ring is 1. The van der Waals surface area contributed by atoms with Gasteiger partial charge in [0.25, 0.3) is 0 Å². The monoisotopic (exact) mass is 203 g/mol. The highest BCUT2D eigenvalue weighted by Gasteiger charge is 2.11. The van der Waals surface area contributed by atoms with Gasteiger partial charge in [-0.1, -0.05) is 6.08 Å². The van der Waals surface area contributed by atoms with Crippen molar-refractivity contribution >= 4 is 11.3 Å². The lowest BCUT2D eigenvalue weighted by Crippen LogP contribution is -2.25. The van der Waals surface area contributed by atoms with E-state index >= 15 is 0 Å². The van der Waals surface area contributed by atoms with Gasteiger partial charge in [0.2, 0.25) is 0 Å². The summed E-state index contributed by atoms with van der Waals surface area (Å²) in [4.78, 5) is 6.69. The van der Waals surface area contributed by atoms with E-state index in [1.807, 2.05) is 6.92 Å². The van der Waals surface area contributed by atoms with Crippen LogP contribution in [0.4, 0.5) is 5.69 Å². The molecule has 15 heavy (non-hydrogen) atoms. The van der Waals surface area contributed by atoms with Crippen LogP contribution in [0.15, 0.2) is 18.3 Å². The number of rotatable bonds is 1. The molecule has 3 heteroatoms. The Morgan fingerprint density at radius 3 is 2.93 bits per heavy atom.